The van der Waals surface area contributed by atoms with E-state index in [-0.39, 0.29) is 16.6 Å². The van der Waals surface area contributed by atoms with Crippen molar-refractivity contribution in [1.29, 1.82) is 0 Å². The first-order valence-electron chi connectivity index (χ1n) is 8.99. The van der Waals surface area contributed by atoms with Crippen molar-refractivity contribution in [3.8, 4) is 5.75 Å². The average Bonchev–Trinajstić information content (AvgIpc) is 2.74. The van der Waals surface area contributed by atoms with Crippen LogP contribution in [0.1, 0.15) is 22.8 Å². The number of aliphatic imine (C=N–C) groups is 1. The Labute approximate surface area is 183 Å². The van der Waals surface area contributed by atoms with Crippen LogP contribution in [0.4, 0.5) is 5.69 Å². The number of benzene rings is 3. The Hall–Kier alpha value is -2.97. The van der Waals surface area contributed by atoms with Crippen molar-refractivity contribution in [3.05, 3.63) is 88.4 Å². The summed E-state index contributed by atoms with van der Waals surface area (Å²) in [6.07, 6.45) is 1.63. The number of carbonyl (C=O) groups excluding carboxylic acids is 1. The quantitative estimate of drug-likeness (QED) is 0.261. The molecule has 154 valence electrons. The largest absolute Gasteiger partial charge is 0.462 e. The molecule has 0 heterocycles. The van der Waals surface area contributed by atoms with Gasteiger partial charge in [-0.2, -0.15) is 8.42 Å². The van der Waals surface area contributed by atoms with E-state index in [1.807, 2.05) is 0 Å². The Morgan fingerprint density at radius 3 is 2.20 bits per heavy atom. The number of nitrogens with zero attached hydrogens (tertiary/aromatic N) is 1. The molecule has 8 heteroatoms. The van der Waals surface area contributed by atoms with Crippen LogP contribution < -0.4 is 4.18 Å². The fourth-order valence-electron chi connectivity index (χ4n) is 2.43. The summed E-state index contributed by atoms with van der Waals surface area (Å²) in [6, 6.07) is 19.4. The molecule has 0 amide bonds. The van der Waals surface area contributed by atoms with E-state index in [4.69, 9.17) is 8.92 Å². The van der Waals surface area contributed by atoms with Gasteiger partial charge in [-0.05, 0) is 85.3 Å². The van der Waals surface area contributed by atoms with Crippen LogP contribution in [0.25, 0.3) is 0 Å². The predicted octanol–water partition coefficient (Wildman–Crippen LogP) is 5.14. The summed E-state index contributed by atoms with van der Waals surface area (Å²) in [7, 11) is -3.91. The van der Waals surface area contributed by atoms with E-state index >= 15 is 0 Å². The minimum absolute atomic E-state index is 0.0719. The summed E-state index contributed by atoms with van der Waals surface area (Å²) < 4.78 is 35.5. The molecule has 6 nitrogen and oxygen atoms in total. The predicted molar refractivity (Wildman–Crippen MR) is 118 cm³/mol. The first-order valence-corrected chi connectivity index (χ1v) is 11.2. The van der Waals surface area contributed by atoms with E-state index < -0.39 is 10.1 Å². The van der Waals surface area contributed by atoms with E-state index in [0.29, 0.717) is 17.9 Å². The van der Waals surface area contributed by atoms with Gasteiger partial charge >= 0.3 is 16.1 Å². The Balaban J connectivity index is 1.65. The minimum atomic E-state index is -3.91. The lowest BCUT2D eigenvalue weighted by Gasteiger charge is -2.07. The van der Waals surface area contributed by atoms with Gasteiger partial charge in [-0.15, -0.1) is 0 Å². The number of carbonyl (C=O) groups is 1. The minimum Gasteiger partial charge on any atom is -0.462 e. The van der Waals surface area contributed by atoms with Gasteiger partial charge in [0.15, 0.2) is 0 Å². The van der Waals surface area contributed by atoms with Crippen molar-refractivity contribution in [1.82, 2.24) is 0 Å². The molecule has 0 aromatic heterocycles. The van der Waals surface area contributed by atoms with Crippen molar-refractivity contribution < 1.29 is 22.1 Å². The number of ether oxygens (including phenoxy) is 1. The molecule has 0 unspecified atom stereocenters. The van der Waals surface area contributed by atoms with Crippen LogP contribution in [0.2, 0.25) is 0 Å². The van der Waals surface area contributed by atoms with Gasteiger partial charge in [0, 0.05) is 10.7 Å². The van der Waals surface area contributed by atoms with Crippen molar-refractivity contribution >= 4 is 43.9 Å². The van der Waals surface area contributed by atoms with Gasteiger partial charge in [0.25, 0.3) is 0 Å². The molecule has 0 radical (unpaired) electrons. The molecule has 0 aliphatic heterocycles. The van der Waals surface area contributed by atoms with E-state index in [0.717, 1.165) is 10.0 Å². The Morgan fingerprint density at radius 1 is 0.967 bits per heavy atom. The lowest BCUT2D eigenvalue weighted by atomic mass is 10.2. The number of esters is 1. The molecular formula is C22H18BrNO5S. The molecular weight excluding hydrogens is 470 g/mol. The van der Waals surface area contributed by atoms with E-state index in [9.17, 15) is 13.2 Å². The Kier molecular flexibility index (Phi) is 7.02. The summed E-state index contributed by atoms with van der Waals surface area (Å²) in [5.41, 5.74) is 1.89. The Bertz CT molecular complexity index is 1140. The molecule has 0 aliphatic carbocycles. The maximum Gasteiger partial charge on any atom is 0.339 e. The molecule has 0 bridgehead atoms. The van der Waals surface area contributed by atoms with Gasteiger partial charge in [-0.25, -0.2) is 4.79 Å². The lowest BCUT2D eigenvalue weighted by molar-refractivity contribution is 0.0526. The number of hydrogen-bond acceptors (Lipinski definition) is 6. The van der Waals surface area contributed by atoms with Crippen LogP contribution in [0.5, 0.6) is 5.75 Å². The zero-order chi connectivity index (χ0) is 21.6. The standard InChI is InChI=1S/C22H18BrNO5S/c1-2-28-22(25)17-5-9-19(10-6-17)24-15-16-3-11-20(12-4-16)29-30(26,27)21-13-7-18(23)8-14-21/h3-15H,2H2,1H3. The van der Waals surface area contributed by atoms with Crippen LogP contribution in [0, 0.1) is 0 Å². The Morgan fingerprint density at radius 2 is 1.60 bits per heavy atom. The highest BCUT2D eigenvalue weighted by molar-refractivity contribution is 9.10. The van der Waals surface area contributed by atoms with Crippen LogP contribution in [0.15, 0.2) is 87.2 Å². The summed E-state index contributed by atoms with van der Waals surface area (Å²) in [6.45, 7) is 2.08. The molecule has 0 aliphatic rings. The van der Waals surface area contributed by atoms with Crippen LogP contribution >= 0.6 is 15.9 Å². The van der Waals surface area contributed by atoms with Crippen molar-refractivity contribution in [2.45, 2.75) is 11.8 Å². The number of halogens is 1. The zero-order valence-corrected chi connectivity index (χ0v) is 18.4. The fraction of sp³-hybridized carbons (Fsp3) is 0.0909. The number of hydrogen-bond donors (Lipinski definition) is 0. The molecule has 0 saturated carbocycles. The molecule has 3 aromatic carbocycles. The van der Waals surface area contributed by atoms with Crippen LogP contribution in [0.3, 0.4) is 0 Å². The topological polar surface area (TPSA) is 82.0 Å². The number of rotatable bonds is 7. The third-order valence-electron chi connectivity index (χ3n) is 3.93. The summed E-state index contributed by atoms with van der Waals surface area (Å²) in [5.74, 6) is -0.171. The van der Waals surface area contributed by atoms with Gasteiger partial charge < -0.3 is 8.92 Å². The first kappa shape index (κ1) is 21.7. The van der Waals surface area contributed by atoms with Gasteiger partial charge in [0.2, 0.25) is 0 Å². The van der Waals surface area contributed by atoms with E-state index in [1.165, 1.54) is 12.1 Å². The second-order valence-corrected chi connectivity index (χ2v) is 8.55. The third-order valence-corrected chi connectivity index (χ3v) is 5.72. The highest BCUT2D eigenvalue weighted by atomic mass is 79.9. The second kappa shape index (κ2) is 9.69. The molecule has 0 spiro atoms. The van der Waals surface area contributed by atoms with Crippen molar-refractivity contribution in [3.63, 3.8) is 0 Å². The van der Waals surface area contributed by atoms with Crippen molar-refractivity contribution in [2.75, 3.05) is 6.61 Å². The normalized spacial score (nSPS) is 11.4. The lowest BCUT2D eigenvalue weighted by Crippen LogP contribution is -2.09. The second-order valence-electron chi connectivity index (χ2n) is 6.09. The molecule has 0 saturated heterocycles. The van der Waals surface area contributed by atoms with Gasteiger partial charge in [0.05, 0.1) is 17.9 Å². The summed E-state index contributed by atoms with van der Waals surface area (Å²) in [4.78, 5) is 16.1. The smallest absolute Gasteiger partial charge is 0.339 e. The fourth-order valence-corrected chi connectivity index (χ4v) is 3.63. The van der Waals surface area contributed by atoms with Crippen molar-refractivity contribution in [2.24, 2.45) is 4.99 Å². The van der Waals surface area contributed by atoms with Crippen LogP contribution in [-0.4, -0.2) is 27.2 Å². The maximum absolute atomic E-state index is 12.3. The maximum atomic E-state index is 12.3. The molecule has 0 N–H and O–H groups in total. The third kappa shape index (κ3) is 5.77. The summed E-state index contributed by atoms with van der Waals surface area (Å²) in [5, 5.41) is 0. The monoisotopic (exact) mass is 487 g/mol. The van der Waals surface area contributed by atoms with Crippen LogP contribution in [-0.2, 0) is 14.9 Å². The molecule has 3 rings (SSSR count). The molecule has 0 atom stereocenters. The highest BCUT2D eigenvalue weighted by Gasteiger charge is 2.16. The SMILES string of the molecule is CCOC(=O)c1ccc(N=Cc2ccc(OS(=O)(=O)c3ccc(Br)cc3)cc2)cc1. The highest BCUT2D eigenvalue weighted by Crippen LogP contribution is 2.21. The average molecular weight is 488 g/mol. The van der Waals surface area contributed by atoms with Gasteiger partial charge in [0.1, 0.15) is 10.6 Å². The molecule has 3 aromatic rings. The van der Waals surface area contributed by atoms with E-state index in [2.05, 4.69) is 20.9 Å². The zero-order valence-electron chi connectivity index (χ0n) is 16.0. The molecule has 0 fully saturated rings. The van der Waals surface area contributed by atoms with Gasteiger partial charge in [-0.3, -0.25) is 4.99 Å². The molecule has 30 heavy (non-hydrogen) atoms. The van der Waals surface area contributed by atoms with E-state index in [1.54, 1.807) is 73.8 Å². The first-order chi connectivity index (χ1) is 14.4. The van der Waals surface area contributed by atoms with Gasteiger partial charge in [-0.1, -0.05) is 15.9 Å². The summed E-state index contributed by atoms with van der Waals surface area (Å²) >= 11 is 3.27.